The molecule has 0 unspecified atom stereocenters. The molecule has 24 heavy (non-hydrogen) atoms. The normalized spacial score (nSPS) is 12.0. The van der Waals surface area contributed by atoms with E-state index >= 15 is 0 Å². The Bertz CT molecular complexity index is 676. The fourth-order valence-electron chi connectivity index (χ4n) is 2.24. The van der Waals surface area contributed by atoms with Crippen molar-refractivity contribution in [3.05, 3.63) is 57.6 Å². The van der Waals surface area contributed by atoms with E-state index in [1.807, 2.05) is 30.3 Å². The van der Waals surface area contributed by atoms with Gasteiger partial charge in [0.05, 0.1) is 17.2 Å². The van der Waals surface area contributed by atoms with Crippen LogP contribution in [0, 0.1) is 0 Å². The molecule has 1 atom stereocenters. The van der Waals surface area contributed by atoms with E-state index in [4.69, 9.17) is 32.7 Å². The highest BCUT2D eigenvalue weighted by molar-refractivity contribution is 6.42. The van der Waals surface area contributed by atoms with Crippen LogP contribution in [-0.4, -0.2) is 13.2 Å². The van der Waals surface area contributed by atoms with Gasteiger partial charge in [0, 0.05) is 18.2 Å². The van der Waals surface area contributed by atoms with E-state index in [0.29, 0.717) is 22.7 Å². The SMILES string of the molecule is CC[C@H](C)NCc1cccc(OC)c1OCc1ccc(Cl)c(Cl)c1. The molecule has 2 rings (SSSR count). The van der Waals surface area contributed by atoms with Crippen LogP contribution >= 0.6 is 23.2 Å². The van der Waals surface area contributed by atoms with Crippen LogP contribution in [-0.2, 0) is 13.2 Å². The molecular weight excluding hydrogens is 345 g/mol. The number of ether oxygens (including phenoxy) is 2. The van der Waals surface area contributed by atoms with Crippen molar-refractivity contribution >= 4 is 23.2 Å². The van der Waals surface area contributed by atoms with Gasteiger partial charge in [-0.1, -0.05) is 48.3 Å². The first-order chi connectivity index (χ1) is 11.5. The standard InChI is InChI=1S/C19H23Cl2NO2/c1-4-13(2)22-11-15-6-5-7-18(23-3)19(15)24-12-14-8-9-16(20)17(21)10-14/h5-10,13,22H,4,11-12H2,1-3H3/t13-/m0/s1. The lowest BCUT2D eigenvalue weighted by atomic mass is 10.1. The van der Waals surface area contributed by atoms with Gasteiger partial charge in [-0.2, -0.15) is 0 Å². The van der Waals surface area contributed by atoms with Crippen LogP contribution in [0.15, 0.2) is 36.4 Å². The maximum atomic E-state index is 6.06. The van der Waals surface area contributed by atoms with Gasteiger partial charge in [-0.15, -0.1) is 0 Å². The van der Waals surface area contributed by atoms with Crippen LogP contribution < -0.4 is 14.8 Å². The molecule has 3 nitrogen and oxygen atoms in total. The van der Waals surface area contributed by atoms with Crippen molar-refractivity contribution in [1.29, 1.82) is 0 Å². The summed E-state index contributed by atoms with van der Waals surface area (Å²) >= 11 is 12.0. The largest absolute Gasteiger partial charge is 0.493 e. The number of halogens is 2. The Hall–Kier alpha value is -1.42. The van der Waals surface area contributed by atoms with Gasteiger partial charge < -0.3 is 14.8 Å². The third-order valence-corrected chi connectivity index (χ3v) is 4.64. The topological polar surface area (TPSA) is 30.5 Å². The monoisotopic (exact) mass is 367 g/mol. The van der Waals surface area contributed by atoms with E-state index in [1.54, 1.807) is 13.2 Å². The summed E-state index contributed by atoms with van der Waals surface area (Å²) in [5.41, 5.74) is 2.02. The maximum absolute atomic E-state index is 6.06. The van der Waals surface area contributed by atoms with Crippen LogP contribution in [0.4, 0.5) is 0 Å². The number of benzene rings is 2. The van der Waals surface area contributed by atoms with Crippen molar-refractivity contribution in [1.82, 2.24) is 5.32 Å². The summed E-state index contributed by atoms with van der Waals surface area (Å²) in [5, 5.41) is 4.54. The highest BCUT2D eigenvalue weighted by atomic mass is 35.5. The van der Waals surface area contributed by atoms with Gasteiger partial charge in [0.15, 0.2) is 11.5 Å². The summed E-state index contributed by atoms with van der Waals surface area (Å²) in [7, 11) is 1.65. The molecule has 0 aliphatic carbocycles. The number of hydrogen-bond acceptors (Lipinski definition) is 3. The van der Waals surface area contributed by atoms with Crippen LogP contribution in [0.3, 0.4) is 0 Å². The molecule has 0 aliphatic heterocycles. The minimum absolute atomic E-state index is 0.396. The summed E-state index contributed by atoms with van der Waals surface area (Å²) in [6.45, 7) is 5.44. The average molecular weight is 368 g/mol. The van der Waals surface area contributed by atoms with Crippen molar-refractivity contribution in [2.75, 3.05) is 7.11 Å². The minimum atomic E-state index is 0.396. The summed E-state index contributed by atoms with van der Waals surface area (Å²) in [5.74, 6) is 1.47. The Labute approximate surface area is 153 Å². The number of para-hydroxylation sites is 1. The fourth-order valence-corrected chi connectivity index (χ4v) is 2.56. The molecule has 0 spiro atoms. The molecular formula is C19H23Cl2NO2. The summed E-state index contributed by atoms with van der Waals surface area (Å²) in [4.78, 5) is 0. The molecule has 2 aromatic rings. The summed E-state index contributed by atoms with van der Waals surface area (Å²) in [6, 6.07) is 11.9. The molecule has 0 aromatic heterocycles. The van der Waals surface area contributed by atoms with Gasteiger partial charge >= 0.3 is 0 Å². The fraction of sp³-hybridized carbons (Fsp3) is 0.368. The first kappa shape index (κ1) is 18.9. The summed E-state index contributed by atoms with van der Waals surface area (Å²) in [6.07, 6.45) is 1.07. The van der Waals surface area contributed by atoms with E-state index in [-0.39, 0.29) is 0 Å². The molecule has 1 N–H and O–H groups in total. The highest BCUT2D eigenvalue weighted by Gasteiger charge is 2.12. The second-order valence-electron chi connectivity index (χ2n) is 5.68. The Morgan fingerprint density at radius 1 is 1.12 bits per heavy atom. The maximum Gasteiger partial charge on any atom is 0.166 e. The number of rotatable bonds is 8. The van der Waals surface area contributed by atoms with Crippen LogP contribution in [0.1, 0.15) is 31.4 Å². The van der Waals surface area contributed by atoms with Gasteiger partial charge in [-0.3, -0.25) is 0 Å². The molecule has 0 fully saturated rings. The third-order valence-electron chi connectivity index (χ3n) is 3.90. The zero-order valence-electron chi connectivity index (χ0n) is 14.2. The molecule has 130 valence electrons. The third kappa shape index (κ3) is 5.04. The lowest BCUT2D eigenvalue weighted by Crippen LogP contribution is -2.24. The average Bonchev–Trinajstić information content (AvgIpc) is 2.60. The quantitative estimate of drug-likeness (QED) is 0.670. The van der Waals surface area contributed by atoms with E-state index in [1.165, 1.54) is 0 Å². The van der Waals surface area contributed by atoms with E-state index in [9.17, 15) is 0 Å². The molecule has 2 aromatic carbocycles. The lowest BCUT2D eigenvalue weighted by Gasteiger charge is -2.17. The number of nitrogens with one attached hydrogen (secondary N) is 1. The molecule has 0 bridgehead atoms. The van der Waals surface area contributed by atoms with Crippen molar-refractivity contribution in [2.24, 2.45) is 0 Å². The molecule has 0 heterocycles. The predicted molar refractivity (Wildman–Crippen MR) is 100 cm³/mol. The molecule has 0 saturated carbocycles. The van der Waals surface area contributed by atoms with Crippen LogP contribution in [0.5, 0.6) is 11.5 Å². The van der Waals surface area contributed by atoms with Gasteiger partial charge in [0.2, 0.25) is 0 Å². The van der Waals surface area contributed by atoms with Crippen LogP contribution in [0.2, 0.25) is 10.0 Å². The van der Waals surface area contributed by atoms with Crippen molar-refractivity contribution in [2.45, 2.75) is 39.5 Å². The first-order valence-electron chi connectivity index (χ1n) is 8.01. The second kappa shape index (κ2) is 9.16. The van der Waals surface area contributed by atoms with E-state index in [0.717, 1.165) is 35.6 Å². The molecule has 0 saturated heterocycles. The molecule has 0 radical (unpaired) electrons. The zero-order valence-corrected chi connectivity index (χ0v) is 15.7. The van der Waals surface area contributed by atoms with Crippen molar-refractivity contribution in [3.8, 4) is 11.5 Å². The Kier molecular flexibility index (Phi) is 7.22. The Morgan fingerprint density at radius 3 is 2.58 bits per heavy atom. The van der Waals surface area contributed by atoms with Crippen molar-refractivity contribution < 1.29 is 9.47 Å². The Balaban J connectivity index is 2.15. The number of methoxy groups -OCH3 is 1. The smallest absolute Gasteiger partial charge is 0.166 e. The first-order valence-corrected chi connectivity index (χ1v) is 8.76. The molecule has 0 aliphatic rings. The van der Waals surface area contributed by atoms with E-state index < -0.39 is 0 Å². The highest BCUT2D eigenvalue weighted by Crippen LogP contribution is 2.32. The van der Waals surface area contributed by atoms with E-state index in [2.05, 4.69) is 19.2 Å². The van der Waals surface area contributed by atoms with Gasteiger partial charge in [-0.25, -0.2) is 0 Å². The lowest BCUT2D eigenvalue weighted by molar-refractivity contribution is 0.280. The minimum Gasteiger partial charge on any atom is -0.493 e. The second-order valence-corrected chi connectivity index (χ2v) is 6.49. The van der Waals surface area contributed by atoms with Gasteiger partial charge in [0.1, 0.15) is 6.61 Å². The van der Waals surface area contributed by atoms with Crippen molar-refractivity contribution in [3.63, 3.8) is 0 Å². The summed E-state index contributed by atoms with van der Waals surface area (Å²) < 4.78 is 11.5. The number of hydrogen-bond donors (Lipinski definition) is 1. The molecule has 0 amide bonds. The molecule has 5 heteroatoms. The van der Waals surface area contributed by atoms with Gasteiger partial charge in [-0.05, 0) is 37.1 Å². The zero-order chi connectivity index (χ0) is 17.5. The Morgan fingerprint density at radius 2 is 1.92 bits per heavy atom. The predicted octanol–water partition coefficient (Wildman–Crippen LogP) is 5.47. The van der Waals surface area contributed by atoms with Gasteiger partial charge in [0.25, 0.3) is 0 Å². The van der Waals surface area contributed by atoms with Crippen LogP contribution in [0.25, 0.3) is 0 Å².